The summed E-state index contributed by atoms with van der Waals surface area (Å²) in [7, 11) is 2.95. The molecule has 1 aromatic rings. The first-order chi connectivity index (χ1) is 12.9. The van der Waals surface area contributed by atoms with Crippen LogP contribution in [0.3, 0.4) is 0 Å². The molecule has 2 fully saturated rings. The zero-order chi connectivity index (χ0) is 19.6. The molecule has 0 aromatic heterocycles. The van der Waals surface area contributed by atoms with E-state index in [1.165, 1.54) is 14.2 Å². The Bertz CT molecular complexity index is 750. The molecule has 1 N–H and O–H groups in total. The van der Waals surface area contributed by atoms with Gasteiger partial charge in [0.05, 0.1) is 25.2 Å². The lowest BCUT2D eigenvalue weighted by atomic mass is 9.75. The van der Waals surface area contributed by atoms with Gasteiger partial charge in [0, 0.05) is 32.0 Å². The van der Waals surface area contributed by atoms with E-state index < -0.39 is 5.41 Å². The van der Waals surface area contributed by atoms with Crippen LogP contribution < -0.4 is 4.74 Å². The molecule has 2 saturated heterocycles. The summed E-state index contributed by atoms with van der Waals surface area (Å²) in [5.41, 5.74) is -0.714. The van der Waals surface area contributed by atoms with Gasteiger partial charge in [0.2, 0.25) is 17.7 Å². The van der Waals surface area contributed by atoms with E-state index in [-0.39, 0.29) is 43.2 Å². The highest BCUT2D eigenvalue weighted by Crippen LogP contribution is 2.44. The molecular formula is C20H26N2O5. The van der Waals surface area contributed by atoms with E-state index in [9.17, 15) is 19.5 Å². The van der Waals surface area contributed by atoms with E-state index in [0.29, 0.717) is 17.9 Å². The largest absolute Gasteiger partial charge is 0.496 e. The van der Waals surface area contributed by atoms with E-state index in [1.807, 2.05) is 0 Å². The molecule has 2 unspecified atom stereocenters. The van der Waals surface area contributed by atoms with Gasteiger partial charge in [-0.15, -0.1) is 0 Å². The summed E-state index contributed by atoms with van der Waals surface area (Å²) in [6.07, 6.45) is 2.41. The second-order valence-electron chi connectivity index (χ2n) is 7.31. The molecule has 0 bridgehead atoms. The number of ether oxygens (including phenoxy) is 1. The number of hydrogen-bond donors (Lipinski definition) is 1. The number of rotatable bonds is 5. The van der Waals surface area contributed by atoms with E-state index >= 15 is 0 Å². The van der Waals surface area contributed by atoms with Gasteiger partial charge in [-0.25, -0.2) is 0 Å². The number of likely N-dealkylation sites (N-methyl/N-ethyl adjacent to an activating group) is 1. The maximum atomic E-state index is 13.2. The molecule has 7 nitrogen and oxygen atoms in total. The molecule has 0 radical (unpaired) electrons. The lowest BCUT2D eigenvalue weighted by Crippen LogP contribution is -2.49. The van der Waals surface area contributed by atoms with Crippen LogP contribution in [-0.4, -0.2) is 66.0 Å². The lowest BCUT2D eigenvalue weighted by molar-refractivity contribution is -0.143. The number of nitrogens with zero attached hydrogens (tertiary/aromatic N) is 2. The Morgan fingerprint density at radius 2 is 2.04 bits per heavy atom. The van der Waals surface area contributed by atoms with Gasteiger partial charge in [-0.05, 0) is 25.3 Å². The number of aliphatic hydroxyl groups excluding tert-OH is 1. The fourth-order valence-electron chi connectivity index (χ4n) is 4.25. The summed E-state index contributed by atoms with van der Waals surface area (Å²) < 4.78 is 5.42. The molecule has 7 heteroatoms. The van der Waals surface area contributed by atoms with Gasteiger partial charge < -0.3 is 14.7 Å². The number of carbonyl (C=O) groups excluding carboxylic acids is 3. The number of aliphatic hydroxyl groups is 1. The monoisotopic (exact) mass is 374 g/mol. The Kier molecular flexibility index (Phi) is 5.51. The predicted molar refractivity (Wildman–Crippen MR) is 98.1 cm³/mol. The van der Waals surface area contributed by atoms with Crippen LogP contribution in [-0.2, 0) is 19.8 Å². The summed E-state index contributed by atoms with van der Waals surface area (Å²) >= 11 is 0. The van der Waals surface area contributed by atoms with Crippen LogP contribution in [0.4, 0.5) is 0 Å². The molecule has 0 spiro atoms. The predicted octanol–water partition coefficient (Wildman–Crippen LogP) is 1.09. The van der Waals surface area contributed by atoms with Gasteiger partial charge in [-0.3, -0.25) is 19.3 Å². The molecule has 2 heterocycles. The van der Waals surface area contributed by atoms with Crippen molar-refractivity contribution < 1.29 is 24.2 Å². The average molecular weight is 374 g/mol. The Balaban J connectivity index is 2.00. The first-order valence-electron chi connectivity index (χ1n) is 9.29. The zero-order valence-corrected chi connectivity index (χ0v) is 15.8. The molecule has 0 saturated carbocycles. The van der Waals surface area contributed by atoms with Crippen molar-refractivity contribution in [1.29, 1.82) is 0 Å². The second kappa shape index (κ2) is 7.68. The Labute approximate surface area is 158 Å². The van der Waals surface area contributed by atoms with Gasteiger partial charge in [0.25, 0.3) is 0 Å². The third kappa shape index (κ3) is 3.32. The van der Waals surface area contributed by atoms with Crippen LogP contribution in [0.2, 0.25) is 0 Å². The van der Waals surface area contributed by atoms with Gasteiger partial charge in [0.15, 0.2) is 0 Å². The van der Waals surface area contributed by atoms with Crippen molar-refractivity contribution in [2.45, 2.75) is 43.6 Å². The lowest BCUT2D eigenvalue weighted by Gasteiger charge is -2.37. The summed E-state index contributed by atoms with van der Waals surface area (Å²) in [6.45, 7) is 0.463. The highest BCUT2D eigenvalue weighted by molar-refractivity contribution is 6.10. The maximum absolute atomic E-state index is 13.2. The van der Waals surface area contributed by atoms with Crippen molar-refractivity contribution >= 4 is 17.7 Å². The number of likely N-dealkylation sites (tertiary alicyclic amines) is 2. The maximum Gasteiger partial charge on any atom is 0.240 e. The molecule has 3 rings (SSSR count). The van der Waals surface area contributed by atoms with E-state index in [4.69, 9.17) is 4.74 Å². The fourth-order valence-corrected chi connectivity index (χ4v) is 4.25. The Morgan fingerprint density at radius 3 is 2.67 bits per heavy atom. The SMILES string of the molecule is COc1ccccc1C1(CC(=O)N2CCCCC2CO)CC(=O)N(C)C1=O. The second-order valence-corrected chi connectivity index (χ2v) is 7.31. The first-order valence-corrected chi connectivity index (χ1v) is 9.29. The van der Waals surface area contributed by atoms with E-state index in [1.54, 1.807) is 29.2 Å². The summed E-state index contributed by atoms with van der Waals surface area (Å²) in [5, 5.41) is 9.63. The van der Waals surface area contributed by atoms with Crippen LogP contribution in [0.25, 0.3) is 0 Å². The Morgan fingerprint density at radius 1 is 1.30 bits per heavy atom. The first kappa shape index (κ1) is 19.4. The molecule has 1 aromatic carbocycles. The number of imide groups is 1. The number of methoxy groups -OCH3 is 1. The molecule has 3 amide bonds. The number of carbonyl (C=O) groups is 3. The van der Waals surface area contributed by atoms with Crippen LogP contribution in [0.5, 0.6) is 5.75 Å². The minimum absolute atomic E-state index is 0.0634. The third-order valence-corrected chi connectivity index (χ3v) is 5.77. The highest BCUT2D eigenvalue weighted by Gasteiger charge is 2.54. The van der Waals surface area contributed by atoms with Crippen molar-refractivity contribution in [1.82, 2.24) is 9.80 Å². The van der Waals surface area contributed by atoms with Gasteiger partial charge >= 0.3 is 0 Å². The van der Waals surface area contributed by atoms with E-state index in [2.05, 4.69) is 0 Å². The van der Waals surface area contributed by atoms with Crippen molar-refractivity contribution in [3.8, 4) is 5.75 Å². The minimum atomic E-state index is -1.27. The van der Waals surface area contributed by atoms with E-state index in [0.717, 1.165) is 24.2 Å². The molecule has 27 heavy (non-hydrogen) atoms. The highest BCUT2D eigenvalue weighted by atomic mass is 16.5. The standard InChI is InChI=1S/C20H26N2O5/c1-21-17(24)11-20(19(21)26,15-8-3-4-9-16(15)27-2)12-18(25)22-10-6-5-7-14(22)13-23/h3-4,8-9,14,23H,5-7,10-13H2,1-2H3. The molecule has 146 valence electrons. The number of amides is 3. The van der Waals surface area contributed by atoms with Crippen molar-refractivity contribution in [2.75, 3.05) is 27.3 Å². The third-order valence-electron chi connectivity index (χ3n) is 5.77. The van der Waals surface area contributed by atoms with Gasteiger partial charge in [-0.2, -0.15) is 0 Å². The smallest absolute Gasteiger partial charge is 0.240 e. The number of piperidine rings is 1. The topological polar surface area (TPSA) is 87.2 Å². The van der Waals surface area contributed by atoms with Gasteiger partial charge in [0.1, 0.15) is 5.75 Å². The Hall–Kier alpha value is -2.41. The number of benzene rings is 1. The number of para-hydroxylation sites is 1. The van der Waals surface area contributed by atoms with Crippen LogP contribution in [0.15, 0.2) is 24.3 Å². The molecular weight excluding hydrogens is 348 g/mol. The normalized spacial score (nSPS) is 25.8. The van der Waals surface area contributed by atoms with Crippen LogP contribution in [0, 0.1) is 0 Å². The molecule has 2 aliphatic heterocycles. The summed E-state index contributed by atoms with van der Waals surface area (Å²) in [6, 6.07) is 6.81. The van der Waals surface area contributed by atoms with Crippen molar-refractivity contribution in [3.05, 3.63) is 29.8 Å². The molecule has 2 atom stereocenters. The summed E-state index contributed by atoms with van der Waals surface area (Å²) in [5.74, 6) is -0.422. The van der Waals surface area contributed by atoms with Crippen molar-refractivity contribution in [3.63, 3.8) is 0 Å². The fraction of sp³-hybridized carbons (Fsp3) is 0.550. The quantitative estimate of drug-likeness (QED) is 0.780. The summed E-state index contributed by atoms with van der Waals surface area (Å²) in [4.78, 5) is 41.4. The van der Waals surface area contributed by atoms with Gasteiger partial charge in [-0.1, -0.05) is 18.2 Å². The number of hydrogen-bond acceptors (Lipinski definition) is 5. The molecule has 2 aliphatic rings. The average Bonchev–Trinajstić information content (AvgIpc) is 2.92. The molecule has 0 aliphatic carbocycles. The zero-order valence-electron chi connectivity index (χ0n) is 15.8. The van der Waals surface area contributed by atoms with Crippen LogP contribution >= 0.6 is 0 Å². The van der Waals surface area contributed by atoms with Crippen LogP contribution in [0.1, 0.15) is 37.7 Å². The van der Waals surface area contributed by atoms with Crippen molar-refractivity contribution in [2.24, 2.45) is 0 Å². The minimum Gasteiger partial charge on any atom is -0.496 e.